The van der Waals surface area contributed by atoms with E-state index in [0.717, 1.165) is 12.8 Å². The molecule has 1 unspecified atom stereocenters. The Bertz CT molecular complexity index is 916. The van der Waals surface area contributed by atoms with Crippen LogP contribution in [0.5, 0.6) is 0 Å². The molecule has 2 aromatic heterocycles. The first-order chi connectivity index (χ1) is 13.7. The summed E-state index contributed by atoms with van der Waals surface area (Å²) in [5, 5.41) is 20.5. The third-order valence-corrected chi connectivity index (χ3v) is 4.94. The molecule has 7 nitrogen and oxygen atoms in total. The van der Waals surface area contributed by atoms with Gasteiger partial charge in [-0.15, -0.1) is 0 Å². The summed E-state index contributed by atoms with van der Waals surface area (Å²) in [6, 6.07) is 13.9. The normalized spacial score (nSPS) is 14.6. The van der Waals surface area contributed by atoms with Gasteiger partial charge in [0.1, 0.15) is 0 Å². The minimum absolute atomic E-state index is 0.185. The number of carbonyl (C=O) groups is 1. The van der Waals surface area contributed by atoms with E-state index in [2.05, 4.69) is 45.0 Å². The van der Waals surface area contributed by atoms with Gasteiger partial charge in [-0.25, -0.2) is 9.67 Å². The van der Waals surface area contributed by atoms with Crippen LogP contribution in [0.4, 0.5) is 0 Å². The van der Waals surface area contributed by atoms with Gasteiger partial charge in [-0.3, -0.25) is 4.79 Å². The molecule has 4 rings (SSSR count). The van der Waals surface area contributed by atoms with Crippen LogP contribution in [0.2, 0.25) is 0 Å². The number of amides is 1. The minimum atomic E-state index is -0.653. The van der Waals surface area contributed by atoms with Crippen LogP contribution in [0.25, 0.3) is 5.82 Å². The Morgan fingerprint density at radius 1 is 1.14 bits per heavy atom. The number of benzene rings is 1. The van der Waals surface area contributed by atoms with E-state index < -0.39 is 6.10 Å². The fraction of sp³-hybridized carbons (Fsp3) is 0.286. The highest BCUT2D eigenvalue weighted by Crippen LogP contribution is 2.21. The Morgan fingerprint density at radius 3 is 2.64 bits per heavy atom. The fourth-order valence-electron chi connectivity index (χ4n) is 3.48. The van der Waals surface area contributed by atoms with Gasteiger partial charge in [-0.2, -0.15) is 5.10 Å². The Kier molecular flexibility index (Phi) is 5.45. The van der Waals surface area contributed by atoms with Crippen molar-refractivity contribution >= 4 is 5.91 Å². The SMILES string of the molecule is O=C(NCC(O)CNC1Cc2ccccc2C1)c1ccnc(-n2cccn2)c1. The number of nitrogens with one attached hydrogen (secondary N) is 2. The summed E-state index contributed by atoms with van der Waals surface area (Å²) in [6.07, 6.45) is 6.29. The molecule has 0 bridgehead atoms. The second-order valence-electron chi connectivity index (χ2n) is 7.00. The van der Waals surface area contributed by atoms with Gasteiger partial charge in [-0.05, 0) is 42.2 Å². The summed E-state index contributed by atoms with van der Waals surface area (Å²) in [4.78, 5) is 16.6. The molecule has 2 heterocycles. The number of aromatic nitrogens is 3. The van der Waals surface area contributed by atoms with E-state index in [1.807, 2.05) is 0 Å². The van der Waals surface area contributed by atoms with Gasteiger partial charge in [0.25, 0.3) is 5.91 Å². The topological polar surface area (TPSA) is 92.1 Å². The largest absolute Gasteiger partial charge is 0.390 e. The van der Waals surface area contributed by atoms with Crippen molar-refractivity contribution in [3.8, 4) is 5.82 Å². The highest BCUT2D eigenvalue weighted by atomic mass is 16.3. The molecule has 0 radical (unpaired) electrons. The maximum absolute atomic E-state index is 12.4. The number of aliphatic hydroxyl groups is 1. The number of carbonyl (C=O) groups excluding carboxylic acids is 1. The standard InChI is InChI=1S/C21H23N5O2/c27-19(13-23-18-10-15-4-1-2-5-16(15)11-18)14-24-21(28)17-6-8-22-20(12-17)26-9-3-7-25-26/h1-9,12,18-19,23,27H,10-11,13-14H2,(H,24,28). The first kappa shape index (κ1) is 18.3. The maximum Gasteiger partial charge on any atom is 0.251 e. The number of hydrogen-bond acceptors (Lipinski definition) is 5. The number of nitrogens with zero attached hydrogens (tertiary/aromatic N) is 3. The summed E-state index contributed by atoms with van der Waals surface area (Å²) >= 11 is 0. The van der Waals surface area contributed by atoms with E-state index in [1.54, 1.807) is 41.5 Å². The first-order valence-electron chi connectivity index (χ1n) is 9.41. The molecule has 7 heteroatoms. The monoisotopic (exact) mass is 377 g/mol. The van der Waals surface area contributed by atoms with E-state index in [-0.39, 0.29) is 12.5 Å². The van der Waals surface area contributed by atoms with Gasteiger partial charge >= 0.3 is 0 Å². The average Bonchev–Trinajstić information content (AvgIpc) is 3.40. The fourth-order valence-corrected chi connectivity index (χ4v) is 3.48. The molecule has 0 saturated heterocycles. The third-order valence-electron chi connectivity index (χ3n) is 4.94. The zero-order valence-corrected chi connectivity index (χ0v) is 15.5. The second kappa shape index (κ2) is 8.33. The van der Waals surface area contributed by atoms with Gasteiger partial charge in [0.2, 0.25) is 0 Å². The summed E-state index contributed by atoms with van der Waals surface area (Å²) in [6.45, 7) is 0.624. The van der Waals surface area contributed by atoms with Gasteiger partial charge in [0.05, 0.1) is 6.10 Å². The van der Waals surface area contributed by atoms with Gasteiger partial charge < -0.3 is 15.7 Å². The van der Waals surface area contributed by atoms with Crippen LogP contribution in [-0.4, -0.2) is 51.0 Å². The van der Waals surface area contributed by atoms with Crippen molar-refractivity contribution in [3.63, 3.8) is 0 Å². The van der Waals surface area contributed by atoms with E-state index in [0.29, 0.717) is 24.0 Å². The molecule has 1 aliphatic rings. The highest BCUT2D eigenvalue weighted by molar-refractivity contribution is 5.94. The molecule has 1 atom stereocenters. The number of fused-ring (bicyclic) bond motifs is 1. The van der Waals surface area contributed by atoms with Crippen molar-refractivity contribution in [2.75, 3.05) is 13.1 Å². The molecule has 3 aromatic rings. The maximum atomic E-state index is 12.4. The van der Waals surface area contributed by atoms with Crippen LogP contribution >= 0.6 is 0 Å². The van der Waals surface area contributed by atoms with Crippen LogP contribution in [0.3, 0.4) is 0 Å². The van der Waals surface area contributed by atoms with Crippen LogP contribution in [-0.2, 0) is 12.8 Å². The summed E-state index contributed by atoms with van der Waals surface area (Å²) in [5.74, 6) is 0.323. The summed E-state index contributed by atoms with van der Waals surface area (Å²) in [5.41, 5.74) is 3.22. The lowest BCUT2D eigenvalue weighted by Crippen LogP contribution is -2.41. The zero-order chi connectivity index (χ0) is 19.3. The van der Waals surface area contributed by atoms with Crippen molar-refractivity contribution in [1.29, 1.82) is 0 Å². The third kappa shape index (κ3) is 4.27. The number of aliphatic hydroxyl groups excluding tert-OH is 1. The van der Waals surface area contributed by atoms with Gasteiger partial charge in [0, 0.05) is 43.3 Å². The lowest BCUT2D eigenvalue weighted by molar-refractivity contribution is 0.0914. The predicted molar refractivity (Wildman–Crippen MR) is 105 cm³/mol. The molecule has 1 amide bonds. The smallest absolute Gasteiger partial charge is 0.251 e. The molecule has 0 spiro atoms. The molecule has 28 heavy (non-hydrogen) atoms. The first-order valence-corrected chi connectivity index (χ1v) is 9.41. The molecule has 144 valence electrons. The van der Waals surface area contributed by atoms with Gasteiger partial charge in [-0.1, -0.05) is 24.3 Å². The Morgan fingerprint density at radius 2 is 1.93 bits per heavy atom. The zero-order valence-electron chi connectivity index (χ0n) is 15.5. The van der Waals surface area contributed by atoms with Crippen molar-refractivity contribution in [1.82, 2.24) is 25.4 Å². The van der Waals surface area contributed by atoms with Crippen LogP contribution in [0.1, 0.15) is 21.5 Å². The summed E-state index contributed by atoms with van der Waals surface area (Å²) in [7, 11) is 0. The minimum Gasteiger partial charge on any atom is -0.390 e. The molecule has 1 aliphatic carbocycles. The van der Waals surface area contributed by atoms with Gasteiger partial charge in [0.15, 0.2) is 5.82 Å². The second-order valence-corrected chi connectivity index (χ2v) is 7.00. The molecule has 3 N–H and O–H groups in total. The number of pyridine rings is 1. The predicted octanol–water partition coefficient (Wildman–Crippen LogP) is 1.11. The highest BCUT2D eigenvalue weighted by Gasteiger charge is 2.21. The lowest BCUT2D eigenvalue weighted by Gasteiger charge is -2.17. The molecule has 0 fully saturated rings. The van der Waals surface area contributed by atoms with Crippen molar-refractivity contribution < 1.29 is 9.90 Å². The molecular formula is C21H23N5O2. The van der Waals surface area contributed by atoms with Crippen molar-refractivity contribution in [2.24, 2.45) is 0 Å². The number of hydrogen-bond donors (Lipinski definition) is 3. The Labute approximate surface area is 163 Å². The lowest BCUT2D eigenvalue weighted by atomic mass is 10.1. The molecule has 0 saturated carbocycles. The Hall–Kier alpha value is -3.03. The molecular weight excluding hydrogens is 354 g/mol. The summed E-state index contributed by atoms with van der Waals surface area (Å²) < 4.78 is 1.59. The number of rotatable bonds is 7. The quantitative estimate of drug-likeness (QED) is 0.574. The van der Waals surface area contributed by atoms with Crippen molar-refractivity contribution in [3.05, 3.63) is 77.7 Å². The van der Waals surface area contributed by atoms with E-state index >= 15 is 0 Å². The molecule has 0 aliphatic heterocycles. The van der Waals surface area contributed by atoms with E-state index in [4.69, 9.17) is 0 Å². The van der Waals surface area contributed by atoms with Crippen LogP contribution < -0.4 is 10.6 Å². The van der Waals surface area contributed by atoms with E-state index in [1.165, 1.54) is 11.1 Å². The van der Waals surface area contributed by atoms with Crippen molar-refractivity contribution in [2.45, 2.75) is 25.0 Å². The Balaban J connectivity index is 1.24. The average molecular weight is 377 g/mol. The molecule has 1 aromatic carbocycles. The van der Waals surface area contributed by atoms with Crippen LogP contribution in [0, 0.1) is 0 Å². The van der Waals surface area contributed by atoms with Crippen LogP contribution in [0.15, 0.2) is 61.1 Å². The van der Waals surface area contributed by atoms with E-state index in [9.17, 15) is 9.90 Å².